The SMILES string of the molecule is CCCCCC[C@H]1OC[C@@H](C)NC(=O)[C@H](CNCCN)NC(=O)[C@H](CN)NC(=O)[C@H](C2CCCCCC2)NC(=O)[C@H](CC(C)C)N(C)C(=O)[C@@H]1C. The van der Waals surface area contributed by atoms with Crippen molar-refractivity contribution in [1.29, 1.82) is 0 Å². The Morgan fingerprint density at radius 2 is 1.49 bits per heavy atom. The molecular formula is C37H70N8O6. The van der Waals surface area contributed by atoms with E-state index in [2.05, 4.69) is 33.5 Å². The molecule has 2 fully saturated rings. The highest BCUT2D eigenvalue weighted by atomic mass is 16.5. The van der Waals surface area contributed by atoms with Crippen LogP contribution in [0.5, 0.6) is 0 Å². The average Bonchev–Trinajstić information content (AvgIpc) is 3.39. The minimum atomic E-state index is -1.15. The molecule has 0 aromatic carbocycles. The Hall–Kier alpha value is -2.81. The van der Waals surface area contributed by atoms with Crippen LogP contribution < -0.4 is 38.1 Å². The van der Waals surface area contributed by atoms with Gasteiger partial charge in [0.05, 0.1) is 18.6 Å². The van der Waals surface area contributed by atoms with E-state index in [-0.39, 0.29) is 37.4 Å². The van der Waals surface area contributed by atoms with E-state index in [1.807, 2.05) is 20.8 Å². The van der Waals surface area contributed by atoms with Crippen molar-refractivity contribution in [2.75, 3.05) is 39.8 Å². The monoisotopic (exact) mass is 723 g/mol. The quantitative estimate of drug-likeness (QED) is 0.108. The maximum atomic E-state index is 14.2. The number of carbonyl (C=O) groups excluding carboxylic acids is 5. The van der Waals surface area contributed by atoms with E-state index in [0.717, 1.165) is 64.2 Å². The van der Waals surface area contributed by atoms with Crippen LogP contribution in [-0.4, -0.2) is 111 Å². The summed E-state index contributed by atoms with van der Waals surface area (Å²) < 4.78 is 6.38. The summed E-state index contributed by atoms with van der Waals surface area (Å²) in [7, 11) is 1.65. The summed E-state index contributed by atoms with van der Waals surface area (Å²) in [4.78, 5) is 71.1. The van der Waals surface area contributed by atoms with Crippen LogP contribution >= 0.6 is 0 Å². The highest BCUT2D eigenvalue weighted by Crippen LogP contribution is 2.27. The molecular weight excluding hydrogens is 652 g/mol. The Balaban J connectivity index is 2.57. The third-order valence-corrected chi connectivity index (χ3v) is 10.2. The van der Waals surface area contributed by atoms with Crippen molar-refractivity contribution in [2.45, 2.75) is 148 Å². The molecule has 0 radical (unpaired) electrons. The number of unbranched alkanes of at least 4 members (excludes halogenated alkanes) is 3. The molecule has 51 heavy (non-hydrogen) atoms. The Bertz CT molecular complexity index is 1090. The van der Waals surface area contributed by atoms with E-state index in [4.69, 9.17) is 16.2 Å². The van der Waals surface area contributed by atoms with Gasteiger partial charge in [-0.15, -0.1) is 0 Å². The Morgan fingerprint density at radius 3 is 2.10 bits per heavy atom. The first-order valence-corrected chi connectivity index (χ1v) is 19.5. The number of nitrogens with one attached hydrogen (secondary N) is 5. The highest BCUT2D eigenvalue weighted by Gasteiger charge is 2.38. The van der Waals surface area contributed by atoms with Gasteiger partial charge in [-0.25, -0.2) is 0 Å². The fourth-order valence-electron chi connectivity index (χ4n) is 7.04. The van der Waals surface area contributed by atoms with Crippen LogP contribution in [0.1, 0.15) is 112 Å². The first kappa shape index (κ1) is 44.4. The van der Waals surface area contributed by atoms with E-state index in [1.54, 1.807) is 14.0 Å². The van der Waals surface area contributed by atoms with Gasteiger partial charge in [0, 0.05) is 39.3 Å². The molecule has 2 aliphatic rings. The number of rotatable bonds is 13. The molecule has 1 saturated heterocycles. The zero-order valence-corrected chi connectivity index (χ0v) is 32.3. The number of likely N-dealkylation sites (N-methyl/N-ethyl adjacent to an activating group) is 1. The fraction of sp³-hybridized carbons (Fsp3) is 0.865. The smallest absolute Gasteiger partial charge is 0.244 e. The van der Waals surface area contributed by atoms with Gasteiger partial charge in [-0.3, -0.25) is 24.0 Å². The minimum Gasteiger partial charge on any atom is -0.375 e. The van der Waals surface area contributed by atoms with Crippen LogP contribution in [0, 0.1) is 17.8 Å². The summed E-state index contributed by atoms with van der Waals surface area (Å²) in [6, 6.07) is -4.35. The van der Waals surface area contributed by atoms with Gasteiger partial charge in [0.2, 0.25) is 29.5 Å². The largest absolute Gasteiger partial charge is 0.375 e. The van der Waals surface area contributed by atoms with Gasteiger partial charge in [-0.1, -0.05) is 79.1 Å². The molecule has 0 bridgehead atoms. The molecule has 1 saturated carbocycles. The van der Waals surface area contributed by atoms with Crippen LogP contribution in [0.25, 0.3) is 0 Å². The summed E-state index contributed by atoms with van der Waals surface area (Å²) in [6.07, 6.45) is 10.0. The molecule has 14 heteroatoms. The third-order valence-electron chi connectivity index (χ3n) is 10.2. The topological polar surface area (TPSA) is 210 Å². The lowest BCUT2D eigenvalue weighted by Gasteiger charge is -2.35. The lowest BCUT2D eigenvalue weighted by molar-refractivity contribution is -0.147. The second-order valence-corrected chi connectivity index (χ2v) is 15.1. The van der Waals surface area contributed by atoms with Gasteiger partial charge < -0.3 is 47.7 Å². The second kappa shape index (κ2) is 23.7. The van der Waals surface area contributed by atoms with Gasteiger partial charge in [0.25, 0.3) is 0 Å². The number of ether oxygens (including phenoxy) is 1. The van der Waals surface area contributed by atoms with Crippen molar-refractivity contribution in [2.24, 2.45) is 29.2 Å². The van der Waals surface area contributed by atoms with Crippen molar-refractivity contribution in [3.05, 3.63) is 0 Å². The zero-order valence-electron chi connectivity index (χ0n) is 32.3. The van der Waals surface area contributed by atoms with Crippen LogP contribution in [0.15, 0.2) is 0 Å². The van der Waals surface area contributed by atoms with Crippen LogP contribution in [0.4, 0.5) is 0 Å². The van der Waals surface area contributed by atoms with E-state index in [0.29, 0.717) is 25.9 Å². The molecule has 0 spiro atoms. The molecule has 7 atom stereocenters. The van der Waals surface area contributed by atoms with Gasteiger partial charge in [0.15, 0.2) is 0 Å². The molecule has 9 N–H and O–H groups in total. The molecule has 1 aliphatic heterocycles. The standard InChI is InChI=1S/C37H70N8O6/c1-7-8-9-14-17-31-26(5)37(50)45(6)30(20-24(2)3)35(48)44-32(27-15-12-10-11-13-16-27)36(49)42-28(21-39)33(46)43-29(22-40-19-18-38)34(47)41-25(4)23-51-31/h24-32,40H,7-23,38-39H2,1-6H3,(H,41,47)(H,42,49)(H,43,46)(H,44,48)/t25-,26-,28+,29+,30+,31-,32+/m1/s1. The van der Waals surface area contributed by atoms with Crippen LogP contribution in [0.3, 0.4) is 0 Å². The van der Waals surface area contributed by atoms with Crippen LogP contribution in [0.2, 0.25) is 0 Å². The second-order valence-electron chi connectivity index (χ2n) is 15.1. The average molecular weight is 723 g/mol. The van der Waals surface area contributed by atoms with Gasteiger partial charge in [-0.2, -0.15) is 0 Å². The van der Waals surface area contributed by atoms with E-state index in [9.17, 15) is 24.0 Å². The van der Waals surface area contributed by atoms with E-state index in [1.165, 1.54) is 4.90 Å². The molecule has 294 valence electrons. The predicted octanol–water partition coefficient (Wildman–Crippen LogP) is 1.30. The van der Waals surface area contributed by atoms with Crippen molar-refractivity contribution in [3.63, 3.8) is 0 Å². The molecule has 14 nitrogen and oxygen atoms in total. The van der Waals surface area contributed by atoms with Crippen molar-refractivity contribution >= 4 is 29.5 Å². The summed E-state index contributed by atoms with van der Waals surface area (Å²) in [5.74, 6) is -2.83. The molecule has 1 heterocycles. The Morgan fingerprint density at radius 1 is 0.843 bits per heavy atom. The molecule has 0 aromatic heterocycles. The molecule has 1 aliphatic carbocycles. The molecule has 2 rings (SSSR count). The van der Waals surface area contributed by atoms with Crippen LogP contribution in [-0.2, 0) is 28.7 Å². The first-order valence-electron chi connectivity index (χ1n) is 19.5. The van der Waals surface area contributed by atoms with Gasteiger partial charge in [-0.05, 0) is 44.4 Å². The number of nitrogens with two attached hydrogens (primary N) is 2. The number of carbonyl (C=O) groups is 5. The van der Waals surface area contributed by atoms with Crippen molar-refractivity contribution < 1.29 is 28.7 Å². The van der Waals surface area contributed by atoms with Crippen molar-refractivity contribution in [1.82, 2.24) is 31.5 Å². The maximum absolute atomic E-state index is 14.2. The summed E-state index contributed by atoms with van der Waals surface area (Å²) in [5.41, 5.74) is 11.7. The normalized spacial score (nSPS) is 28.9. The van der Waals surface area contributed by atoms with E-state index < -0.39 is 65.9 Å². The third kappa shape index (κ3) is 15.0. The maximum Gasteiger partial charge on any atom is 0.244 e. The van der Waals surface area contributed by atoms with Crippen molar-refractivity contribution in [3.8, 4) is 0 Å². The zero-order chi connectivity index (χ0) is 37.9. The summed E-state index contributed by atoms with van der Waals surface area (Å²) >= 11 is 0. The van der Waals surface area contributed by atoms with Gasteiger partial charge >= 0.3 is 0 Å². The highest BCUT2D eigenvalue weighted by molar-refractivity contribution is 5.96. The molecule has 0 unspecified atom stereocenters. The Kier molecular flexibility index (Phi) is 20.6. The lowest BCUT2D eigenvalue weighted by atomic mass is 9.90. The number of hydrogen-bond acceptors (Lipinski definition) is 9. The minimum absolute atomic E-state index is 0.0845. The number of hydrogen-bond donors (Lipinski definition) is 7. The van der Waals surface area contributed by atoms with Gasteiger partial charge in [0.1, 0.15) is 24.2 Å². The Labute approximate surface area is 306 Å². The number of nitrogens with zero attached hydrogens (tertiary/aromatic N) is 1. The molecule has 0 aromatic rings. The summed E-state index contributed by atoms with van der Waals surface area (Å²) in [6.45, 7) is 10.6. The first-order chi connectivity index (χ1) is 24.3. The predicted molar refractivity (Wildman–Crippen MR) is 199 cm³/mol. The number of amides is 5. The molecule has 5 amide bonds. The lowest BCUT2D eigenvalue weighted by Crippen LogP contribution is -2.62. The fourth-order valence-corrected chi connectivity index (χ4v) is 7.04. The summed E-state index contributed by atoms with van der Waals surface area (Å²) in [5, 5.41) is 14.6. The van der Waals surface area contributed by atoms with E-state index >= 15 is 0 Å².